The van der Waals surface area contributed by atoms with Gasteiger partial charge in [-0.2, -0.15) is 15.5 Å². The van der Waals surface area contributed by atoms with E-state index >= 15 is 0 Å². The fourth-order valence-corrected chi connectivity index (χ4v) is 11.8. The lowest BCUT2D eigenvalue weighted by Crippen LogP contribution is -2.63. The molecule has 11 rings (SSSR count). The number of amides is 5. The molecule has 20 heteroatoms. The Balaban J connectivity index is 0.00000309. The van der Waals surface area contributed by atoms with E-state index in [1.165, 1.54) is 11.1 Å². The first-order valence-corrected chi connectivity index (χ1v) is 25.7. The van der Waals surface area contributed by atoms with Crippen molar-refractivity contribution in [3.63, 3.8) is 0 Å². The first-order chi connectivity index (χ1) is 35.8. The highest BCUT2D eigenvalue weighted by molar-refractivity contribution is 6.09. The van der Waals surface area contributed by atoms with Gasteiger partial charge in [0.2, 0.25) is 11.8 Å². The van der Waals surface area contributed by atoms with E-state index in [4.69, 9.17) is 9.72 Å². The number of ether oxygens (including phenoxy) is 1. The summed E-state index contributed by atoms with van der Waals surface area (Å²) in [6, 6.07) is 16.7. The normalized spacial score (nSPS) is 21.6. The van der Waals surface area contributed by atoms with Gasteiger partial charge in [0.1, 0.15) is 29.3 Å². The number of hydrogen-bond acceptors (Lipinski definition) is 12. The first kappa shape index (κ1) is 49.9. The molecule has 3 aliphatic heterocycles. The number of fused-ring (bicyclic) bond motifs is 2. The fraction of sp³-hybridized carbons (Fsp3) is 0.444. The first-order valence-electron chi connectivity index (χ1n) is 25.7. The molecule has 2 aliphatic carbocycles. The summed E-state index contributed by atoms with van der Waals surface area (Å²) in [5, 5.41) is 28.8. The minimum atomic E-state index is -0.795. The molecule has 6 aromatic rings. The molecule has 3 N–H and O–H groups in total. The number of nitriles is 1. The topological polar surface area (TPSA) is 198 Å². The van der Waals surface area contributed by atoms with E-state index in [0.717, 1.165) is 77.4 Å². The van der Waals surface area contributed by atoms with Crippen molar-refractivity contribution in [1.29, 1.82) is 5.26 Å². The van der Waals surface area contributed by atoms with E-state index in [-0.39, 0.29) is 47.7 Å². The number of piperazine rings is 1. The third-order valence-corrected chi connectivity index (χ3v) is 15.5. The standard InChI is InChI=1S/C52H55F2N13O5.C2H6/c1-3-72-38-22-40(46-34(27-55)29-57-67(46)30-38)32-4-9-44(56-28-32)64-14-11-52(12-15-64,60-48(69)41-20-35(53)5-8-42(41)54)31-63-16-18-65(19-17-63)49(70)33-23-51(24-33)25-37(26-51)58-36-6-7-39-43(21-36)62(2)61-47(39)66-13-10-45(68)59-50(66)71;1-2/h4-9,20-22,28-30,33,37,58H,3,10-19,23-26,31H2,1-2H3,(H,60,69)(H,59,68,71);1-2H3. The number of carbonyl (C=O) groups is 4. The Morgan fingerprint density at radius 2 is 1.70 bits per heavy atom. The van der Waals surface area contributed by atoms with Gasteiger partial charge in [0.25, 0.3) is 5.91 Å². The van der Waals surface area contributed by atoms with Crippen molar-refractivity contribution in [2.45, 2.75) is 77.3 Å². The largest absolute Gasteiger partial charge is 0.492 e. The summed E-state index contributed by atoms with van der Waals surface area (Å²) in [6.07, 6.45) is 9.99. The predicted octanol–water partition coefficient (Wildman–Crippen LogP) is 6.89. The Bertz CT molecular complexity index is 3160. The minimum Gasteiger partial charge on any atom is -0.492 e. The quantitative estimate of drug-likeness (QED) is 0.115. The zero-order chi connectivity index (χ0) is 51.9. The van der Waals surface area contributed by atoms with Crippen molar-refractivity contribution in [3.8, 4) is 22.9 Å². The molecular weight excluding hydrogens is 949 g/mol. The number of anilines is 3. The smallest absolute Gasteiger partial charge is 0.329 e. The summed E-state index contributed by atoms with van der Waals surface area (Å²) < 4.78 is 38.4. The Labute approximate surface area is 427 Å². The monoisotopic (exact) mass is 1010 g/mol. The van der Waals surface area contributed by atoms with Crippen LogP contribution in [0.25, 0.3) is 27.5 Å². The number of halogens is 2. The summed E-state index contributed by atoms with van der Waals surface area (Å²) >= 11 is 0. The van der Waals surface area contributed by atoms with Gasteiger partial charge in [-0.25, -0.2) is 23.1 Å². The number of nitrogens with one attached hydrogen (secondary N) is 3. The van der Waals surface area contributed by atoms with Crippen LogP contribution in [0.1, 0.15) is 81.6 Å². The SMILES string of the molecule is CC.CCOc1cc(-c2ccc(N3CCC(CN4CCN(C(=O)C5CC6(CC(Nc7ccc8c(N9CCC(=O)NC9=O)nn(C)c8c7)C6)C5)CC4)(NC(=O)c4cc(F)ccc4F)CC3)nc2)c2c(C#N)cnn2c1. The van der Waals surface area contributed by atoms with E-state index in [1.807, 2.05) is 69.1 Å². The Hall–Kier alpha value is -7.66. The molecule has 0 bridgehead atoms. The Morgan fingerprint density at radius 3 is 2.41 bits per heavy atom. The molecule has 0 atom stereocenters. The highest BCUT2D eigenvalue weighted by Gasteiger charge is 2.55. The molecule has 5 amide bonds. The second-order valence-electron chi connectivity index (χ2n) is 20.1. The van der Waals surface area contributed by atoms with Crippen molar-refractivity contribution < 1.29 is 32.7 Å². The molecule has 74 heavy (non-hydrogen) atoms. The highest BCUT2D eigenvalue weighted by Crippen LogP contribution is 2.59. The van der Waals surface area contributed by atoms with Crippen LogP contribution in [0.15, 0.2) is 73.2 Å². The average molecular weight is 1010 g/mol. The van der Waals surface area contributed by atoms with Gasteiger partial charge >= 0.3 is 6.03 Å². The van der Waals surface area contributed by atoms with Gasteiger partial charge in [0.15, 0.2) is 5.82 Å². The number of nitrogens with zero attached hydrogens (tertiary/aromatic N) is 10. The fourth-order valence-electron chi connectivity index (χ4n) is 11.8. The lowest BCUT2D eigenvalue weighted by Gasteiger charge is -2.58. The highest BCUT2D eigenvalue weighted by atomic mass is 19.1. The van der Waals surface area contributed by atoms with E-state index in [1.54, 1.807) is 21.6 Å². The molecule has 0 radical (unpaired) electrons. The summed E-state index contributed by atoms with van der Waals surface area (Å²) in [5.41, 5.74) is 3.53. The third kappa shape index (κ3) is 9.68. The van der Waals surface area contributed by atoms with Crippen LogP contribution in [-0.4, -0.2) is 128 Å². The molecule has 5 fully saturated rings. The summed E-state index contributed by atoms with van der Waals surface area (Å²) in [4.78, 5) is 64.6. The van der Waals surface area contributed by atoms with E-state index < -0.39 is 29.1 Å². The van der Waals surface area contributed by atoms with Gasteiger partial charge in [0, 0.05) is 106 Å². The number of benzene rings is 2. The van der Waals surface area contributed by atoms with Crippen LogP contribution in [0.2, 0.25) is 0 Å². The van der Waals surface area contributed by atoms with Crippen molar-refractivity contribution in [2.75, 3.05) is 74.1 Å². The number of aromatic nitrogens is 5. The zero-order valence-electron chi connectivity index (χ0n) is 42.2. The van der Waals surface area contributed by atoms with Crippen molar-refractivity contribution in [1.82, 2.24) is 44.8 Å². The lowest BCUT2D eigenvalue weighted by atomic mass is 9.49. The summed E-state index contributed by atoms with van der Waals surface area (Å²) in [7, 11) is 1.84. The van der Waals surface area contributed by atoms with Crippen LogP contribution in [0.5, 0.6) is 5.75 Å². The number of piperidine rings is 1. The lowest BCUT2D eigenvalue weighted by molar-refractivity contribution is -0.150. The Morgan fingerprint density at radius 1 is 0.932 bits per heavy atom. The number of urea groups is 1. The van der Waals surface area contributed by atoms with Crippen LogP contribution < -0.4 is 30.5 Å². The maximum absolute atomic E-state index is 15.0. The van der Waals surface area contributed by atoms with Gasteiger partial charge in [-0.3, -0.25) is 34.2 Å². The number of pyridine rings is 2. The molecule has 1 spiro atoms. The van der Waals surface area contributed by atoms with Crippen LogP contribution in [-0.2, 0) is 16.6 Å². The van der Waals surface area contributed by atoms with Crippen LogP contribution in [0.4, 0.5) is 30.9 Å². The van der Waals surface area contributed by atoms with Gasteiger partial charge in [-0.1, -0.05) is 13.8 Å². The second-order valence-corrected chi connectivity index (χ2v) is 20.1. The average Bonchev–Trinajstić information content (AvgIpc) is 3.95. The molecular formula is C54H61F2N13O5. The van der Waals surface area contributed by atoms with Crippen molar-refractivity contribution in [2.24, 2.45) is 18.4 Å². The maximum Gasteiger partial charge on any atom is 0.329 e. The molecule has 0 unspecified atom stereocenters. The van der Waals surface area contributed by atoms with Gasteiger partial charge < -0.3 is 25.2 Å². The molecule has 2 aromatic carbocycles. The third-order valence-electron chi connectivity index (χ3n) is 15.5. The number of aryl methyl sites for hydroxylation is 1. The molecule has 7 heterocycles. The predicted molar refractivity (Wildman–Crippen MR) is 275 cm³/mol. The Kier molecular flexibility index (Phi) is 13.7. The van der Waals surface area contributed by atoms with Gasteiger partial charge in [0.05, 0.1) is 46.7 Å². The van der Waals surface area contributed by atoms with Crippen LogP contribution in [0.3, 0.4) is 0 Å². The van der Waals surface area contributed by atoms with E-state index in [9.17, 15) is 33.2 Å². The number of rotatable bonds is 12. The van der Waals surface area contributed by atoms with E-state index in [2.05, 4.69) is 42.0 Å². The molecule has 4 aromatic heterocycles. The summed E-state index contributed by atoms with van der Waals surface area (Å²) in [5.74, 6) is -0.389. The maximum atomic E-state index is 15.0. The molecule has 18 nitrogen and oxygen atoms in total. The number of hydrogen-bond donors (Lipinski definition) is 3. The molecule has 3 saturated heterocycles. The van der Waals surface area contributed by atoms with Crippen LogP contribution >= 0.6 is 0 Å². The zero-order valence-corrected chi connectivity index (χ0v) is 42.2. The second kappa shape index (κ2) is 20.3. The minimum absolute atomic E-state index is 0.00917. The summed E-state index contributed by atoms with van der Waals surface area (Å²) in [6.45, 7) is 10.5. The van der Waals surface area contributed by atoms with Crippen LogP contribution in [0, 0.1) is 34.3 Å². The van der Waals surface area contributed by atoms with Gasteiger partial charge in [-0.05, 0) is 105 Å². The number of carbonyl (C=O) groups excluding carboxylic acids is 4. The number of imide groups is 1. The molecule has 2 saturated carbocycles. The van der Waals surface area contributed by atoms with E-state index in [0.29, 0.717) is 87.9 Å². The molecule has 386 valence electrons. The van der Waals surface area contributed by atoms with Crippen molar-refractivity contribution in [3.05, 3.63) is 95.9 Å². The molecule has 5 aliphatic rings. The van der Waals surface area contributed by atoms with Crippen molar-refractivity contribution >= 4 is 57.5 Å². The van der Waals surface area contributed by atoms with Gasteiger partial charge in [-0.15, -0.1) is 0 Å².